The van der Waals surface area contributed by atoms with Crippen molar-refractivity contribution in [2.24, 2.45) is 11.7 Å². The third-order valence-electron chi connectivity index (χ3n) is 4.35. The lowest BCUT2D eigenvalue weighted by atomic mass is 9.79. The molecule has 1 saturated carbocycles. The molecule has 0 saturated heterocycles. The summed E-state index contributed by atoms with van der Waals surface area (Å²) in [5.41, 5.74) is 6.24. The van der Waals surface area contributed by atoms with E-state index in [0.29, 0.717) is 11.1 Å². The van der Waals surface area contributed by atoms with Crippen LogP contribution in [0.5, 0.6) is 0 Å². The molecule has 0 amide bonds. The summed E-state index contributed by atoms with van der Waals surface area (Å²) >= 11 is 0. The van der Waals surface area contributed by atoms with Crippen LogP contribution < -0.4 is 5.73 Å². The molecule has 0 aromatic heterocycles. The zero-order chi connectivity index (χ0) is 14.6. The van der Waals surface area contributed by atoms with Crippen LogP contribution in [0.25, 0.3) is 0 Å². The number of aldehydes is 1. The number of carbonyl (C=O) groups is 1. The summed E-state index contributed by atoms with van der Waals surface area (Å²) in [4.78, 5) is 10.9. The number of nitrogens with two attached hydrogens (primary N) is 1. The number of benzene rings is 1. The number of rotatable bonds is 5. The Morgan fingerprint density at radius 1 is 1.40 bits per heavy atom. The first-order chi connectivity index (χ1) is 9.61. The van der Waals surface area contributed by atoms with Crippen LogP contribution in [0.3, 0.4) is 0 Å². The summed E-state index contributed by atoms with van der Waals surface area (Å²) in [6, 6.07) is 6.94. The molecule has 0 bridgehead atoms. The maximum atomic E-state index is 10.9. The van der Waals surface area contributed by atoms with Crippen LogP contribution in [0.4, 0.5) is 0 Å². The standard InChI is InChI=1S/C16H23NO3/c1-20-16(17,14-9-5-6-12(10-14)11-18)15(19)13-7-3-2-4-8-13/h5-6,9-11,13,15,19H,2-4,7-8,17H2,1H3/t15-,16-/m1/s1. The molecule has 0 aliphatic heterocycles. The first-order valence-corrected chi connectivity index (χ1v) is 7.19. The fourth-order valence-electron chi connectivity index (χ4n) is 3.06. The Bertz CT molecular complexity index is 457. The number of carbonyl (C=O) groups excluding carboxylic acids is 1. The minimum absolute atomic E-state index is 0.147. The van der Waals surface area contributed by atoms with E-state index in [4.69, 9.17) is 10.5 Å². The minimum Gasteiger partial charge on any atom is -0.388 e. The summed E-state index contributed by atoms with van der Waals surface area (Å²) in [5.74, 6) is 0.147. The van der Waals surface area contributed by atoms with Crippen LogP contribution in [-0.4, -0.2) is 24.6 Å². The SMILES string of the molecule is CO[C@](N)(c1cccc(C=O)c1)[C@H](O)C1CCCCC1. The van der Waals surface area contributed by atoms with Crippen molar-refractivity contribution in [3.8, 4) is 0 Å². The molecule has 0 radical (unpaired) electrons. The zero-order valence-electron chi connectivity index (χ0n) is 11.9. The lowest BCUT2D eigenvalue weighted by Gasteiger charge is -2.39. The molecule has 1 fully saturated rings. The van der Waals surface area contributed by atoms with Gasteiger partial charge in [-0.3, -0.25) is 10.5 Å². The Morgan fingerprint density at radius 2 is 2.10 bits per heavy atom. The molecule has 4 nitrogen and oxygen atoms in total. The highest BCUT2D eigenvalue weighted by Gasteiger charge is 2.41. The maximum absolute atomic E-state index is 10.9. The highest BCUT2D eigenvalue weighted by Crippen LogP contribution is 2.35. The largest absolute Gasteiger partial charge is 0.388 e. The van der Waals surface area contributed by atoms with E-state index in [1.165, 1.54) is 13.5 Å². The highest BCUT2D eigenvalue weighted by molar-refractivity contribution is 5.75. The first kappa shape index (κ1) is 15.2. The molecule has 1 aliphatic carbocycles. The van der Waals surface area contributed by atoms with Gasteiger partial charge in [0.2, 0.25) is 0 Å². The van der Waals surface area contributed by atoms with Crippen LogP contribution in [0.15, 0.2) is 24.3 Å². The van der Waals surface area contributed by atoms with Crippen LogP contribution >= 0.6 is 0 Å². The molecular weight excluding hydrogens is 254 g/mol. The molecule has 2 atom stereocenters. The predicted molar refractivity (Wildman–Crippen MR) is 77.3 cm³/mol. The van der Waals surface area contributed by atoms with E-state index in [1.807, 2.05) is 0 Å². The molecule has 1 aliphatic rings. The number of methoxy groups -OCH3 is 1. The summed E-state index contributed by atoms with van der Waals surface area (Å²) in [6.07, 6.45) is 5.40. The van der Waals surface area contributed by atoms with Gasteiger partial charge in [-0.25, -0.2) is 0 Å². The van der Waals surface area contributed by atoms with Gasteiger partial charge >= 0.3 is 0 Å². The van der Waals surface area contributed by atoms with E-state index in [2.05, 4.69) is 0 Å². The van der Waals surface area contributed by atoms with Crippen molar-refractivity contribution < 1.29 is 14.6 Å². The molecule has 0 heterocycles. The molecule has 1 aromatic rings. The second-order valence-electron chi connectivity index (χ2n) is 5.58. The number of ether oxygens (including phenoxy) is 1. The van der Waals surface area contributed by atoms with E-state index in [1.54, 1.807) is 24.3 Å². The molecule has 4 heteroatoms. The summed E-state index contributed by atoms with van der Waals surface area (Å²) in [7, 11) is 1.50. The third-order valence-corrected chi connectivity index (χ3v) is 4.35. The lowest BCUT2D eigenvalue weighted by Crippen LogP contribution is -2.53. The Morgan fingerprint density at radius 3 is 2.70 bits per heavy atom. The summed E-state index contributed by atoms with van der Waals surface area (Å²) < 4.78 is 5.45. The Balaban J connectivity index is 2.28. The lowest BCUT2D eigenvalue weighted by molar-refractivity contribution is -0.132. The molecule has 2 rings (SSSR count). The zero-order valence-corrected chi connectivity index (χ0v) is 11.9. The third kappa shape index (κ3) is 2.92. The second-order valence-corrected chi connectivity index (χ2v) is 5.58. The van der Waals surface area contributed by atoms with Crippen LogP contribution in [0.2, 0.25) is 0 Å². The predicted octanol–water partition coefficient (Wildman–Crippen LogP) is 2.20. The highest BCUT2D eigenvalue weighted by atomic mass is 16.5. The fraction of sp³-hybridized carbons (Fsp3) is 0.562. The van der Waals surface area contributed by atoms with E-state index in [0.717, 1.165) is 32.0 Å². The van der Waals surface area contributed by atoms with Gasteiger partial charge in [-0.05, 0) is 24.8 Å². The average molecular weight is 277 g/mol. The smallest absolute Gasteiger partial charge is 0.168 e. The van der Waals surface area contributed by atoms with Crippen molar-refractivity contribution in [3.63, 3.8) is 0 Å². The molecule has 0 spiro atoms. The molecule has 1 aromatic carbocycles. The number of hydrogen-bond acceptors (Lipinski definition) is 4. The van der Waals surface area contributed by atoms with Gasteiger partial charge in [0, 0.05) is 18.2 Å². The van der Waals surface area contributed by atoms with Gasteiger partial charge in [0.1, 0.15) is 12.4 Å². The van der Waals surface area contributed by atoms with Gasteiger partial charge in [-0.15, -0.1) is 0 Å². The van der Waals surface area contributed by atoms with Crippen molar-refractivity contribution in [3.05, 3.63) is 35.4 Å². The molecule has 20 heavy (non-hydrogen) atoms. The van der Waals surface area contributed by atoms with Crippen molar-refractivity contribution >= 4 is 6.29 Å². The average Bonchev–Trinajstić information content (AvgIpc) is 2.54. The van der Waals surface area contributed by atoms with E-state index in [9.17, 15) is 9.90 Å². The van der Waals surface area contributed by atoms with E-state index >= 15 is 0 Å². The number of hydrogen-bond donors (Lipinski definition) is 2. The van der Waals surface area contributed by atoms with Gasteiger partial charge in [0.25, 0.3) is 0 Å². The fourth-order valence-corrected chi connectivity index (χ4v) is 3.06. The molecule has 110 valence electrons. The van der Waals surface area contributed by atoms with Gasteiger partial charge in [-0.2, -0.15) is 0 Å². The van der Waals surface area contributed by atoms with Gasteiger partial charge in [0.15, 0.2) is 5.72 Å². The summed E-state index contributed by atoms with van der Waals surface area (Å²) in [5, 5.41) is 10.7. The second kappa shape index (κ2) is 6.48. The monoisotopic (exact) mass is 277 g/mol. The van der Waals surface area contributed by atoms with Crippen molar-refractivity contribution in [1.82, 2.24) is 0 Å². The van der Waals surface area contributed by atoms with Crippen LogP contribution in [-0.2, 0) is 10.5 Å². The quantitative estimate of drug-likeness (QED) is 0.639. The number of aliphatic hydroxyl groups excluding tert-OH is 1. The van der Waals surface area contributed by atoms with Crippen molar-refractivity contribution in [1.29, 1.82) is 0 Å². The van der Waals surface area contributed by atoms with Crippen molar-refractivity contribution in [2.45, 2.75) is 43.9 Å². The minimum atomic E-state index is -1.26. The normalized spacial score (nSPS) is 21.1. The Labute approximate surface area is 119 Å². The Hall–Kier alpha value is -1.23. The van der Waals surface area contributed by atoms with E-state index < -0.39 is 11.8 Å². The van der Waals surface area contributed by atoms with Crippen molar-refractivity contribution in [2.75, 3.05) is 7.11 Å². The topological polar surface area (TPSA) is 72.5 Å². The van der Waals surface area contributed by atoms with Gasteiger partial charge in [-0.1, -0.05) is 37.5 Å². The molecular formula is C16H23NO3. The number of aliphatic hydroxyl groups is 1. The maximum Gasteiger partial charge on any atom is 0.168 e. The van der Waals surface area contributed by atoms with E-state index in [-0.39, 0.29) is 5.92 Å². The van der Waals surface area contributed by atoms with Crippen LogP contribution in [0.1, 0.15) is 48.0 Å². The van der Waals surface area contributed by atoms with Gasteiger partial charge < -0.3 is 9.84 Å². The molecule has 0 unspecified atom stereocenters. The Kier molecular flexibility index (Phi) is 4.91. The molecule has 3 N–H and O–H groups in total. The van der Waals surface area contributed by atoms with Gasteiger partial charge in [0.05, 0.1) is 0 Å². The first-order valence-electron chi connectivity index (χ1n) is 7.19. The summed E-state index contributed by atoms with van der Waals surface area (Å²) in [6.45, 7) is 0. The van der Waals surface area contributed by atoms with Crippen LogP contribution in [0, 0.1) is 5.92 Å².